The van der Waals surface area contributed by atoms with E-state index < -0.39 is 0 Å². The Bertz CT molecular complexity index is 431. The Morgan fingerprint density at radius 3 is 2.71 bits per heavy atom. The van der Waals surface area contributed by atoms with Crippen molar-refractivity contribution in [3.63, 3.8) is 0 Å². The van der Waals surface area contributed by atoms with Gasteiger partial charge in [0.15, 0.2) is 0 Å². The van der Waals surface area contributed by atoms with Crippen molar-refractivity contribution < 1.29 is 0 Å². The molecule has 2 N–H and O–H groups in total. The molecule has 0 bridgehead atoms. The molecule has 14 heavy (non-hydrogen) atoms. The topological polar surface area (TPSA) is 26.0 Å². The Kier molecular flexibility index (Phi) is 2.57. The first-order valence-electron chi connectivity index (χ1n) is 4.92. The van der Waals surface area contributed by atoms with Gasteiger partial charge in [-0.1, -0.05) is 32.0 Å². The van der Waals surface area contributed by atoms with E-state index >= 15 is 0 Å². The molecule has 2 heteroatoms. The van der Waals surface area contributed by atoms with Gasteiger partial charge in [-0.05, 0) is 28.3 Å². The molecule has 1 nitrogen and oxygen atoms in total. The van der Waals surface area contributed by atoms with Crippen LogP contribution in [0, 0.1) is 5.92 Å². The molecule has 0 aliphatic carbocycles. The molecule has 0 spiro atoms. The second-order valence-electron chi connectivity index (χ2n) is 3.96. The summed E-state index contributed by atoms with van der Waals surface area (Å²) in [7, 11) is 0. The fraction of sp³-hybridized carbons (Fsp3) is 0.333. The molecule has 0 aliphatic heterocycles. The van der Waals surface area contributed by atoms with Crippen molar-refractivity contribution in [1.82, 2.24) is 0 Å². The maximum atomic E-state index is 6.17. The third kappa shape index (κ3) is 1.56. The van der Waals surface area contributed by atoms with Gasteiger partial charge in [0.25, 0.3) is 0 Å². The zero-order valence-corrected chi connectivity index (χ0v) is 9.34. The van der Waals surface area contributed by atoms with Gasteiger partial charge in [-0.3, -0.25) is 0 Å². The predicted octanol–water partition coefficient (Wildman–Crippen LogP) is 3.56. The van der Waals surface area contributed by atoms with Crippen LogP contribution >= 0.6 is 11.3 Å². The van der Waals surface area contributed by atoms with Gasteiger partial charge in [0.2, 0.25) is 0 Å². The van der Waals surface area contributed by atoms with E-state index in [4.69, 9.17) is 5.73 Å². The van der Waals surface area contributed by atoms with Gasteiger partial charge in [0.05, 0.1) is 0 Å². The van der Waals surface area contributed by atoms with Crippen molar-refractivity contribution in [3.05, 3.63) is 35.2 Å². The predicted molar refractivity (Wildman–Crippen MR) is 63.6 cm³/mol. The van der Waals surface area contributed by atoms with E-state index in [9.17, 15) is 0 Å². The van der Waals surface area contributed by atoms with E-state index in [0.29, 0.717) is 5.92 Å². The van der Waals surface area contributed by atoms with Crippen LogP contribution in [0.4, 0.5) is 0 Å². The molecule has 0 fully saturated rings. The first-order valence-corrected chi connectivity index (χ1v) is 5.80. The van der Waals surface area contributed by atoms with Crippen LogP contribution in [0.3, 0.4) is 0 Å². The third-order valence-corrected chi connectivity index (χ3v) is 3.57. The van der Waals surface area contributed by atoms with E-state index in [0.717, 1.165) is 0 Å². The highest BCUT2D eigenvalue weighted by molar-refractivity contribution is 7.17. The van der Waals surface area contributed by atoms with Gasteiger partial charge >= 0.3 is 0 Å². The van der Waals surface area contributed by atoms with Crippen LogP contribution in [0.15, 0.2) is 29.6 Å². The molecule has 1 unspecified atom stereocenters. The molecule has 0 saturated carbocycles. The molecule has 1 aromatic heterocycles. The lowest BCUT2D eigenvalue weighted by atomic mass is 9.96. The zero-order chi connectivity index (χ0) is 10.1. The lowest BCUT2D eigenvalue weighted by Crippen LogP contribution is -2.16. The van der Waals surface area contributed by atoms with Crippen LogP contribution in [-0.2, 0) is 0 Å². The van der Waals surface area contributed by atoms with Gasteiger partial charge in [0, 0.05) is 10.7 Å². The molecule has 1 atom stereocenters. The smallest absolute Gasteiger partial charge is 0.0390 e. The number of hydrogen-bond donors (Lipinski definition) is 1. The van der Waals surface area contributed by atoms with E-state index in [-0.39, 0.29) is 6.04 Å². The number of rotatable bonds is 2. The molecule has 74 valence electrons. The van der Waals surface area contributed by atoms with Crippen molar-refractivity contribution in [3.8, 4) is 0 Å². The summed E-state index contributed by atoms with van der Waals surface area (Å²) in [5.74, 6) is 0.489. The Morgan fingerprint density at radius 1 is 1.21 bits per heavy atom. The normalized spacial score (nSPS) is 13.7. The number of hydrogen-bond acceptors (Lipinski definition) is 2. The van der Waals surface area contributed by atoms with Crippen LogP contribution in [-0.4, -0.2) is 0 Å². The SMILES string of the molecule is CC(C)C(N)c1cccc2ccsc12. The monoisotopic (exact) mass is 205 g/mol. The van der Waals surface area contributed by atoms with Crippen LogP contribution in [0.2, 0.25) is 0 Å². The number of nitrogens with two attached hydrogens (primary N) is 1. The quantitative estimate of drug-likeness (QED) is 0.797. The third-order valence-electron chi connectivity index (χ3n) is 2.59. The fourth-order valence-corrected chi connectivity index (χ4v) is 2.60. The standard InChI is InChI=1S/C12H15NS/c1-8(2)11(13)10-5-3-4-9-6-7-14-12(9)10/h3-8,11H,13H2,1-2H3. The highest BCUT2D eigenvalue weighted by Gasteiger charge is 2.13. The lowest BCUT2D eigenvalue weighted by Gasteiger charge is -2.16. The number of thiophene rings is 1. The minimum absolute atomic E-state index is 0.150. The molecule has 1 heterocycles. The van der Waals surface area contributed by atoms with Crippen molar-refractivity contribution in [2.45, 2.75) is 19.9 Å². The largest absolute Gasteiger partial charge is 0.324 e. The van der Waals surface area contributed by atoms with Crippen LogP contribution in [0.1, 0.15) is 25.5 Å². The molecule has 2 aromatic rings. The lowest BCUT2D eigenvalue weighted by molar-refractivity contribution is 0.518. The van der Waals surface area contributed by atoms with Gasteiger partial charge in [-0.15, -0.1) is 11.3 Å². The molecule has 0 aliphatic rings. The van der Waals surface area contributed by atoms with Crippen molar-refractivity contribution in [1.29, 1.82) is 0 Å². The summed E-state index contributed by atoms with van der Waals surface area (Å²) in [5, 5.41) is 3.44. The molecular weight excluding hydrogens is 190 g/mol. The summed E-state index contributed by atoms with van der Waals surface area (Å²) in [6.45, 7) is 4.33. The highest BCUT2D eigenvalue weighted by Crippen LogP contribution is 2.30. The highest BCUT2D eigenvalue weighted by atomic mass is 32.1. The summed E-state index contributed by atoms with van der Waals surface area (Å²) in [5.41, 5.74) is 7.45. The Labute approximate surface area is 88.6 Å². The molecule has 2 rings (SSSR count). The van der Waals surface area contributed by atoms with Crippen LogP contribution in [0.25, 0.3) is 10.1 Å². The second kappa shape index (κ2) is 3.71. The average Bonchev–Trinajstić information content (AvgIpc) is 2.63. The zero-order valence-electron chi connectivity index (χ0n) is 8.53. The summed E-state index contributed by atoms with van der Waals surface area (Å²) in [6, 6.07) is 8.67. The van der Waals surface area contributed by atoms with E-state index in [1.807, 2.05) is 0 Å². The molecule has 0 saturated heterocycles. The summed E-state index contributed by atoms with van der Waals surface area (Å²) in [6.07, 6.45) is 0. The van der Waals surface area contributed by atoms with E-state index in [1.165, 1.54) is 15.6 Å². The fourth-order valence-electron chi connectivity index (χ4n) is 1.64. The minimum Gasteiger partial charge on any atom is -0.324 e. The second-order valence-corrected chi connectivity index (χ2v) is 4.87. The van der Waals surface area contributed by atoms with Crippen LogP contribution in [0.5, 0.6) is 0 Å². The maximum Gasteiger partial charge on any atom is 0.0390 e. The molecule has 1 aromatic carbocycles. The van der Waals surface area contributed by atoms with Crippen molar-refractivity contribution in [2.75, 3.05) is 0 Å². The van der Waals surface area contributed by atoms with Gasteiger partial charge in [0.1, 0.15) is 0 Å². The molecular formula is C12H15NS. The van der Waals surface area contributed by atoms with Gasteiger partial charge < -0.3 is 5.73 Å². The van der Waals surface area contributed by atoms with E-state index in [1.54, 1.807) is 11.3 Å². The van der Waals surface area contributed by atoms with E-state index in [2.05, 4.69) is 43.5 Å². The van der Waals surface area contributed by atoms with Crippen molar-refractivity contribution in [2.24, 2.45) is 11.7 Å². The molecule has 0 radical (unpaired) electrons. The molecule has 0 amide bonds. The maximum absolute atomic E-state index is 6.17. The summed E-state index contributed by atoms with van der Waals surface area (Å²) < 4.78 is 1.34. The Balaban J connectivity index is 2.56. The summed E-state index contributed by atoms with van der Waals surface area (Å²) >= 11 is 1.78. The first-order chi connectivity index (χ1) is 6.70. The van der Waals surface area contributed by atoms with Gasteiger partial charge in [-0.25, -0.2) is 0 Å². The minimum atomic E-state index is 0.150. The Hall–Kier alpha value is -0.860. The summed E-state index contributed by atoms with van der Waals surface area (Å²) in [4.78, 5) is 0. The number of fused-ring (bicyclic) bond motifs is 1. The first kappa shape index (κ1) is 9.69. The van der Waals surface area contributed by atoms with Gasteiger partial charge in [-0.2, -0.15) is 0 Å². The Morgan fingerprint density at radius 2 is 2.00 bits per heavy atom. The average molecular weight is 205 g/mol. The van der Waals surface area contributed by atoms with Crippen LogP contribution < -0.4 is 5.73 Å². The van der Waals surface area contributed by atoms with Crippen molar-refractivity contribution >= 4 is 21.4 Å². The number of benzene rings is 1.